The number of halogens is 1. The number of allylic oxidation sites excluding steroid dienone is 5. The molecule has 0 spiro atoms. The Balaban J connectivity index is 0.000000340. The molecule has 5 atom stereocenters. The Hall–Kier alpha value is -1.98. The van der Waals surface area contributed by atoms with Crippen molar-refractivity contribution in [2.24, 2.45) is 5.92 Å². The molecule has 1 fully saturated rings. The third-order valence-corrected chi connectivity index (χ3v) is 6.47. The lowest BCUT2D eigenvalue weighted by atomic mass is 10.1. The van der Waals surface area contributed by atoms with E-state index in [-0.39, 0.29) is 11.7 Å². The van der Waals surface area contributed by atoms with Gasteiger partial charge in [-0.05, 0) is 58.6 Å². The van der Waals surface area contributed by atoms with Gasteiger partial charge in [-0.1, -0.05) is 51.9 Å². The average Bonchev–Trinajstić information content (AvgIpc) is 2.80. The summed E-state index contributed by atoms with van der Waals surface area (Å²) >= 11 is 0. The molecule has 1 heterocycles. The van der Waals surface area contributed by atoms with Crippen molar-refractivity contribution in [3.8, 4) is 0 Å². The molecule has 2 rings (SSSR count). The van der Waals surface area contributed by atoms with Gasteiger partial charge in [0, 0.05) is 56.3 Å². The van der Waals surface area contributed by atoms with Crippen LogP contribution in [0.15, 0.2) is 60.7 Å². The van der Waals surface area contributed by atoms with E-state index in [0.29, 0.717) is 24.5 Å². The van der Waals surface area contributed by atoms with Crippen LogP contribution in [0.2, 0.25) is 0 Å². The minimum Gasteiger partial charge on any atom is -0.309 e. The molecule has 0 aromatic heterocycles. The van der Waals surface area contributed by atoms with Gasteiger partial charge in [0.05, 0.1) is 0 Å². The first-order valence-electron chi connectivity index (χ1n) is 11.8. The highest BCUT2D eigenvalue weighted by molar-refractivity contribution is 7.13. The van der Waals surface area contributed by atoms with Crippen molar-refractivity contribution < 1.29 is 9.18 Å². The summed E-state index contributed by atoms with van der Waals surface area (Å²) in [5, 5.41) is 6.97. The van der Waals surface area contributed by atoms with E-state index in [2.05, 4.69) is 59.2 Å². The molecule has 188 valence electrons. The topological polar surface area (TPSA) is 50.6 Å². The summed E-state index contributed by atoms with van der Waals surface area (Å²) < 4.78 is 14.9. The SMILES string of the molecule is CC(C=CC(C=CCC=O)/C=C\C=N)N(C)P.CC1CN(C)[C@@H](C)CN1Cc1ccc(F)cc1. The largest absolute Gasteiger partial charge is 0.309 e. The smallest absolute Gasteiger partial charge is 0.123 e. The third kappa shape index (κ3) is 11.9. The number of hydrogen-bond acceptors (Lipinski definition) is 5. The lowest BCUT2D eigenvalue weighted by molar-refractivity contribution is -0.107. The van der Waals surface area contributed by atoms with Crippen LogP contribution < -0.4 is 0 Å². The van der Waals surface area contributed by atoms with Gasteiger partial charge in [-0.15, -0.1) is 0 Å². The first kappa shape index (κ1) is 30.1. The number of nitrogens with one attached hydrogen (secondary N) is 1. The number of carbonyl (C=O) groups excluding carboxylic acids is 1. The first-order valence-corrected chi connectivity index (χ1v) is 12.3. The molecule has 0 bridgehead atoms. The van der Waals surface area contributed by atoms with Crippen molar-refractivity contribution in [3.05, 3.63) is 72.1 Å². The van der Waals surface area contributed by atoms with E-state index in [9.17, 15) is 9.18 Å². The van der Waals surface area contributed by atoms with Gasteiger partial charge >= 0.3 is 0 Å². The minimum absolute atomic E-state index is 0.129. The molecule has 34 heavy (non-hydrogen) atoms. The van der Waals surface area contributed by atoms with E-state index in [1.807, 2.05) is 42.1 Å². The zero-order chi connectivity index (χ0) is 25.5. The summed E-state index contributed by atoms with van der Waals surface area (Å²) in [5.41, 5.74) is 1.19. The molecular weight excluding hydrogens is 446 g/mol. The lowest BCUT2D eigenvalue weighted by Gasteiger charge is -2.42. The summed E-state index contributed by atoms with van der Waals surface area (Å²) in [6.07, 6.45) is 14.1. The van der Waals surface area contributed by atoms with Crippen LogP contribution in [0.25, 0.3) is 0 Å². The van der Waals surface area contributed by atoms with Crippen LogP contribution in [0.1, 0.15) is 32.8 Å². The van der Waals surface area contributed by atoms with E-state index in [0.717, 1.165) is 25.9 Å². The molecule has 5 nitrogen and oxygen atoms in total. The van der Waals surface area contributed by atoms with E-state index in [1.165, 1.54) is 11.8 Å². The van der Waals surface area contributed by atoms with E-state index in [1.54, 1.807) is 18.2 Å². The number of likely N-dealkylation sites (N-methyl/N-ethyl adjacent to an activating group) is 2. The molecule has 0 aliphatic carbocycles. The quantitative estimate of drug-likeness (QED) is 0.219. The molecule has 4 unspecified atom stereocenters. The molecule has 1 N–H and O–H groups in total. The van der Waals surface area contributed by atoms with Gasteiger partial charge in [-0.3, -0.25) is 9.57 Å². The standard InChI is InChI=1S/C14H21FN2.C13H21N2OP/c1-11-9-17(12(2)8-16(11)3)10-13-4-6-14(15)7-5-13;1-12(15(2)17)8-9-13(7-5-10-14)6-3-4-11-16/h4-7,11-12H,8-10H2,1-3H3;3,5-14H,4,17H2,1-2H3/b;6-3?,7-5-,9-8?,14-10?/t11-,12?;/m0./s1. The van der Waals surface area contributed by atoms with Gasteiger partial charge in [0.15, 0.2) is 0 Å². The summed E-state index contributed by atoms with van der Waals surface area (Å²) in [7, 11) is 6.79. The fourth-order valence-electron chi connectivity index (χ4n) is 3.51. The zero-order valence-electron chi connectivity index (χ0n) is 21.3. The maximum Gasteiger partial charge on any atom is 0.123 e. The van der Waals surface area contributed by atoms with Crippen LogP contribution in [0.3, 0.4) is 0 Å². The molecular formula is C27H42FN4OP. The monoisotopic (exact) mass is 488 g/mol. The minimum atomic E-state index is -0.159. The van der Waals surface area contributed by atoms with Gasteiger partial charge in [-0.25, -0.2) is 4.39 Å². The fraction of sp³-hybridized carbons (Fsp3) is 0.481. The summed E-state index contributed by atoms with van der Waals surface area (Å²) in [6.45, 7) is 9.70. The Morgan fingerprint density at radius 1 is 1.15 bits per heavy atom. The van der Waals surface area contributed by atoms with Gasteiger partial charge in [0.25, 0.3) is 0 Å². The number of carbonyl (C=O) groups is 1. The number of aldehydes is 1. The molecule has 0 saturated carbocycles. The number of nitrogens with zero attached hydrogens (tertiary/aromatic N) is 3. The summed E-state index contributed by atoms with van der Waals surface area (Å²) in [6, 6.07) is 8.32. The van der Waals surface area contributed by atoms with Crippen molar-refractivity contribution in [1.82, 2.24) is 14.5 Å². The second kappa shape index (κ2) is 16.6. The second-order valence-electron chi connectivity index (χ2n) is 8.94. The molecule has 1 saturated heterocycles. The zero-order valence-corrected chi connectivity index (χ0v) is 22.4. The Morgan fingerprint density at radius 2 is 1.82 bits per heavy atom. The van der Waals surface area contributed by atoms with Gasteiger partial charge in [0.1, 0.15) is 12.1 Å². The van der Waals surface area contributed by atoms with Crippen molar-refractivity contribution in [2.45, 2.75) is 51.9 Å². The van der Waals surface area contributed by atoms with Crippen LogP contribution in [-0.2, 0) is 11.3 Å². The van der Waals surface area contributed by atoms with Crippen molar-refractivity contribution >= 4 is 21.9 Å². The predicted octanol–water partition coefficient (Wildman–Crippen LogP) is 4.97. The number of piperazine rings is 1. The molecule has 1 aromatic rings. The van der Waals surface area contributed by atoms with Gasteiger partial charge in [0.2, 0.25) is 0 Å². The Kier molecular flexibility index (Phi) is 14.7. The highest BCUT2D eigenvalue weighted by Gasteiger charge is 2.26. The van der Waals surface area contributed by atoms with Crippen molar-refractivity contribution in [3.63, 3.8) is 0 Å². The Morgan fingerprint density at radius 3 is 2.41 bits per heavy atom. The average molecular weight is 489 g/mol. The predicted molar refractivity (Wildman–Crippen MR) is 146 cm³/mol. The Labute approximate surface area is 208 Å². The highest BCUT2D eigenvalue weighted by atomic mass is 31.0. The van der Waals surface area contributed by atoms with E-state index < -0.39 is 0 Å². The van der Waals surface area contributed by atoms with E-state index in [4.69, 9.17) is 5.41 Å². The maximum atomic E-state index is 12.8. The summed E-state index contributed by atoms with van der Waals surface area (Å²) in [5.74, 6) is -0.0301. The van der Waals surface area contributed by atoms with Crippen molar-refractivity contribution in [1.29, 1.82) is 5.41 Å². The third-order valence-electron chi connectivity index (χ3n) is 6.00. The van der Waals surface area contributed by atoms with Crippen LogP contribution >= 0.6 is 9.39 Å². The van der Waals surface area contributed by atoms with Crippen molar-refractivity contribution in [2.75, 3.05) is 27.2 Å². The molecule has 0 radical (unpaired) electrons. The lowest BCUT2D eigenvalue weighted by Crippen LogP contribution is -2.54. The molecule has 1 aliphatic rings. The number of benzene rings is 1. The highest BCUT2D eigenvalue weighted by Crippen LogP contribution is 2.17. The molecule has 7 heteroatoms. The second-order valence-corrected chi connectivity index (χ2v) is 9.76. The molecule has 0 amide bonds. The fourth-order valence-corrected chi connectivity index (χ4v) is 3.61. The molecule has 1 aromatic carbocycles. The number of hydrogen-bond donors (Lipinski definition) is 1. The maximum absolute atomic E-state index is 12.8. The van der Waals surface area contributed by atoms with Crippen LogP contribution in [0, 0.1) is 17.1 Å². The first-order chi connectivity index (χ1) is 16.2. The summed E-state index contributed by atoms with van der Waals surface area (Å²) in [4.78, 5) is 15.1. The normalized spacial score (nSPS) is 21.6. The van der Waals surface area contributed by atoms with Crippen LogP contribution in [0.4, 0.5) is 4.39 Å². The van der Waals surface area contributed by atoms with Gasteiger partial charge < -0.3 is 15.1 Å². The van der Waals surface area contributed by atoms with E-state index >= 15 is 0 Å². The molecule has 1 aliphatic heterocycles. The van der Waals surface area contributed by atoms with Gasteiger partial charge in [-0.2, -0.15) is 0 Å². The number of rotatable bonds is 10. The van der Waals surface area contributed by atoms with Crippen LogP contribution in [0.5, 0.6) is 0 Å². The Bertz CT molecular complexity index is 809. The van der Waals surface area contributed by atoms with Crippen LogP contribution in [-0.4, -0.2) is 72.3 Å².